The van der Waals surface area contributed by atoms with Gasteiger partial charge in [-0.15, -0.1) is 0 Å². The van der Waals surface area contributed by atoms with Crippen LogP contribution in [0.15, 0.2) is 12.1 Å². The first-order chi connectivity index (χ1) is 8.87. The van der Waals surface area contributed by atoms with Gasteiger partial charge in [0.1, 0.15) is 0 Å². The number of hydrogen-bond acceptors (Lipinski definition) is 3. The van der Waals surface area contributed by atoms with Crippen molar-refractivity contribution in [3.63, 3.8) is 0 Å². The van der Waals surface area contributed by atoms with Crippen LogP contribution in [0.2, 0.25) is 0 Å². The predicted molar refractivity (Wildman–Crippen MR) is 56.7 cm³/mol. The number of aliphatic carboxylic acids is 1. The number of rotatable bonds is 2. The fourth-order valence-electron chi connectivity index (χ4n) is 1.65. The lowest BCUT2D eigenvalue weighted by molar-refractivity contribution is -0.176. The van der Waals surface area contributed by atoms with Crippen LogP contribution >= 0.6 is 0 Å². The van der Waals surface area contributed by atoms with Crippen LogP contribution in [0.25, 0.3) is 0 Å². The van der Waals surface area contributed by atoms with Gasteiger partial charge in [-0.25, -0.2) is 0 Å². The number of halogens is 6. The second-order valence-electron chi connectivity index (χ2n) is 3.84. The van der Waals surface area contributed by atoms with E-state index in [1.165, 1.54) is 0 Å². The van der Waals surface area contributed by atoms with Gasteiger partial charge in [0.05, 0.1) is 11.3 Å². The van der Waals surface area contributed by atoms with Gasteiger partial charge in [-0.3, -0.25) is 4.79 Å². The Morgan fingerprint density at radius 2 is 1.60 bits per heavy atom. The summed E-state index contributed by atoms with van der Waals surface area (Å²) in [6.45, 7) is 0. The summed E-state index contributed by atoms with van der Waals surface area (Å²) in [5.74, 6) is -5.62. The van der Waals surface area contributed by atoms with Crippen LogP contribution in [0.5, 0.6) is 0 Å². The van der Waals surface area contributed by atoms with Gasteiger partial charge in [-0.1, -0.05) is 0 Å². The summed E-state index contributed by atoms with van der Waals surface area (Å²) >= 11 is 0. The fraction of sp³-hybridized carbons (Fsp3) is 0.300. The summed E-state index contributed by atoms with van der Waals surface area (Å²) in [5.41, 5.74) is 5.20. The molecule has 0 aliphatic rings. The molecule has 0 saturated carbocycles. The summed E-state index contributed by atoms with van der Waals surface area (Å²) in [5, 5.41) is 8.59. The van der Waals surface area contributed by atoms with Crippen molar-refractivity contribution in [3.8, 4) is 0 Å². The average Bonchev–Trinajstić information content (AvgIpc) is 2.19. The summed E-state index contributed by atoms with van der Waals surface area (Å²) in [6, 6.07) is 0.930. The van der Waals surface area contributed by atoms with Crippen molar-refractivity contribution < 1.29 is 36.2 Å². The van der Waals surface area contributed by atoms with Crippen molar-refractivity contribution in [1.82, 2.24) is 0 Å². The minimum atomic E-state index is -5.34. The molecular weight excluding hydrogens is 294 g/mol. The predicted octanol–water partition coefficient (Wildman–Crippen LogP) is 2.60. The standard InChI is InChI=1S/C10H8F6N2O2/c11-9(12,13)3-1-2-4(17)5(7(3)18)6(8(19)20)10(14,15)16/h1-2,6H,17-18H2,(H,19,20). The SMILES string of the molecule is Nc1ccc(C(F)(F)F)c(N)c1C(C(=O)O)C(F)(F)F. The van der Waals surface area contributed by atoms with E-state index in [2.05, 4.69) is 0 Å². The molecule has 0 aliphatic heterocycles. The Kier molecular flexibility index (Phi) is 3.79. The highest BCUT2D eigenvalue weighted by molar-refractivity contribution is 5.84. The third-order valence-electron chi connectivity index (χ3n) is 2.49. The molecule has 112 valence electrons. The number of nitrogen functional groups attached to an aromatic ring is 2. The minimum Gasteiger partial charge on any atom is -0.481 e. The number of carboxylic acid groups (broad SMARTS) is 1. The maximum atomic E-state index is 12.7. The quantitative estimate of drug-likeness (QED) is 0.578. The van der Waals surface area contributed by atoms with Gasteiger partial charge in [0.2, 0.25) is 0 Å². The third-order valence-corrected chi connectivity index (χ3v) is 2.49. The smallest absolute Gasteiger partial charge is 0.418 e. The molecule has 0 radical (unpaired) electrons. The Morgan fingerprint density at radius 3 is 1.95 bits per heavy atom. The largest absolute Gasteiger partial charge is 0.481 e. The zero-order valence-electron chi connectivity index (χ0n) is 9.51. The number of carboxylic acids is 1. The van der Waals surface area contributed by atoms with Crippen LogP contribution in [0.3, 0.4) is 0 Å². The molecule has 20 heavy (non-hydrogen) atoms. The molecular formula is C10H8F6N2O2. The maximum Gasteiger partial charge on any atom is 0.418 e. The van der Waals surface area contributed by atoms with Crippen molar-refractivity contribution in [2.75, 3.05) is 11.5 Å². The van der Waals surface area contributed by atoms with Crippen LogP contribution in [0.1, 0.15) is 17.0 Å². The number of benzene rings is 1. The molecule has 0 saturated heterocycles. The van der Waals surface area contributed by atoms with Crippen molar-refractivity contribution in [1.29, 1.82) is 0 Å². The first kappa shape index (κ1) is 15.9. The van der Waals surface area contributed by atoms with Gasteiger partial charge in [-0.05, 0) is 12.1 Å². The Balaban J connectivity index is 3.63. The average molecular weight is 302 g/mol. The molecule has 5 N–H and O–H groups in total. The molecule has 0 amide bonds. The van der Waals surface area contributed by atoms with Gasteiger partial charge < -0.3 is 16.6 Å². The first-order valence-electron chi connectivity index (χ1n) is 4.92. The van der Waals surface area contributed by atoms with Crippen LogP contribution in [-0.4, -0.2) is 17.3 Å². The van der Waals surface area contributed by atoms with E-state index in [1.807, 2.05) is 0 Å². The molecule has 1 atom stereocenters. The number of nitrogens with two attached hydrogens (primary N) is 2. The Morgan fingerprint density at radius 1 is 1.10 bits per heavy atom. The van der Waals surface area contributed by atoms with Gasteiger partial charge in [0.25, 0.3) is 0 Å². The van der Waals surface area contributed by atoms with Gasteiger partial charge in [0, 0.05) is 11.3 Å². The Bertz CT molecular complexity index is 538. The van der Waals surface area contributed by atoms with Gasteiger partial charge in [-0.2, -0.15) is 26.3 Å². The molecule has 4 nitrogen and oxygen atoms in total. The summed E-state index contributed by atoms with van der Waals surface area (Å²) < 4.78 is 75.7. The lowest BCUT2D eigenvalue weighted by Crippen LogP contribution is -2.30. The highest BCUT2D eigenvalue weighted by Crippen LogP contribution is 2.44. The summed E-state index contributed by atoms with van der Waals surface area (Å²) in [6.07, 6.45) is -10.4. The topological polar surface area (TPSA) is 89.3 Å². The van der Waals surface area contributed by atoms with E-state index in [0.29, 0.717) is 12.1 Å². The molecule has 1 unspecified atom stereocenters. The molecule has 0 bridgehead atoms. The number of carbonyl (C=O) groups is 1. The van der Waals surface area contributed by atoms with Crippen LogP contribution in [0, 0.1) is 0 Å². The third kappa shape index (κ3) is 2.89. The molecule has 1 aromatic carbocycles. The van der Waals surface area contributed by atoms with Crippen LogP contribution in [-0.2, 0) is 11.0 Å². The second-order valence-corrected chi connectivity index (χ2v) is 3.84. The number of hydrogen-bond donors (Lipinski definition) is 3. The highest BCUT2D eigenvalue weighted by atomic mass is 19.4. The number of alkyl halides is 6. The van der Waals surface area contributed by atoms with Crippen molar-refractivity contribution in [2.24, 2.45) is 0 Å². The molecule has 1 aromatic rings. The van der Waals surface area contributed by atoms with Crippen molar-refractivity contribution in [3.05, 3.63) is 23.3 Å². The molecule has 10 heteroatoms. The van der Waals surface area contributed by atoms with Crippen LogP contribution < -0.4 is 11.5 Å². The van der Waals surface area contributed by atoms with E-state index in [0.717, 1.165) is 0 Å². The van der Waals surface area contributed by atoms with Crippen molar-refractivity contribution >= 4 is 17.3 Å². The van der Waals surface area contributed by atoms with Crippen LogP contribution in [0.4, 0.5) is 37.7 Å². The first-order valence-corrected chi connectivity index (χ1v) is 4.92. The van der Waals surface area contributed by atoms with E-state index in [1.54, 1.807) is 0 Å². The molecule has 0 spiro atoms. The lowest BCUT2D eigenvalue weighted by atomic mass is 9.92. The Labute approximate surface area is 108 Å². The number of anilines is 2. The fourth-order valence-corrected chi connectivity index (χ4v) is 1.65. The summed E-state index contributed by atoms with van der Waals surface area (Å²) in [7, 11) is 0. The molecule has 0 aliphatic carbocycles. The van der Waals surface area contributed by atoms with Gasteiger partial charge >= 0.3 is 18.3 Å². The Hall–Kier alpha value is -2.13. The second kappa shape index (κ2) is 4.76. The molecule has 1 rings (SSSR count). The molecule has 0 heterocycles. The van der Waals surface area contributed by atoms with E-state index in [9.17, 15) is 31.1 Å². The normalized spacial score (nSPS) is 14.1. The van der Waals surface area contributed by atoms with Crippen molar-refractivity contribution in [2.45, 2.75) is 18.3 Å². The van der Waals surface area contributed by atoms with Gasteiger partial charge in [0.15, 0.2) is 5.92 Å². The lowest BCUT2D eigenvalue weighted by Gasteiger charge is -2.22. The monoisotopic (exact) mass is 302 g/mol. The van der Waals surface area contributed by atoms with E-state index >= 15 is 0 Å². The zero-order valence-corrected chi connectivity index (χ0v) is 9.51. The molecule has 0 fully saturated rings. The van der Waals surface area contributed by atoms with E-state index in [-0.39, 0.29) is 0 Å². The maximum absolute atomic E-state index is 12.7. The molecule has 0 aromatic heterocycles. The summed E-state index contributed by atoms with van der Waals surface area (Å²) in [4.78, 5) is 10.7. The van der Waals surface area contributed by atoms with E-state index < -0.39 is 46.7 Å². The van der Waals surface area contributed by atoms with E-state index in [4.69, 9.17) is 16.6 Å². The zero-order chi connectivity index (χ0) is 15.9. The minimum absolute atomic E-state index is 0.392. The highest BCUT2D eigenvalue weighted by Gasteiger charge is 2.49.